The van der Waals surface area contributed by atoms with Crippen LogP contribution in [0.5, 0.6) is 0 Å². The molecule has 2 N–H and O–H groups in total. The number of H-pyrrole nitrogens is 1. The Hall–Kier alpha value is -3.98. The number of aromatic amines is 1. The normalized spacial score (nSPS) is 14.1. The summed E-state index contributed by atoms with van der Waals surface area (Å²) in [6.07, 6.45) is 5.23. The summed E-state index contributed by atoms with van der Waals surface area (Å²) in [5.74, 6) is 0.859. The minimum Gasteiger partial charge on any atom is -0.388 e. The van der Waals surface area contributed by atoms with E-state index >= 15 is 0 Å². The van der Waals surface area contributed by atoms with Crippen molar-refractivity contribution in [3.8, 4) is 11.1 Å². The lowest BCUT2D eigenvalue weighted by Gasteiger charge is -2.27. The van der Waals surface area contributed by atoms with Crippen molar-refractivity contribution in [3.63, 3.8) is 0 Å². The fourth-order valence-electron chi connectivity index (χ4n) is 4.31. The van der Waals surface area contributed by atoms with Crippen LogP contribution < -0.4 is 15.9 Å². The molecule has 0 spiro atoms. The first-order valence-electron chi connectivity index (χ1n) is 12.6. The highest BCUT2D eigenvalue weighted by Crippen LogP contribution is 2.28. The van der Waals surface area contributed by atoms with Gasteiger partial charge in [-0.25, -0.2) is 14.8 Å². The number of pyridine rings is 2. The average molecular weight is 503 g/mol. The van der Waals surface area contributed by atoms with E-state index in [0.29, 0.717) is 5.56 Å². The summed E-state index contributed by atoms with van der Waals surface area (Å²) in [5, 5.41) is 3.15. The number of fused-ring (bicyclic) bond motifs is 1. The molecule has 0 bridgehead atoms. The van der Waals surface area contributed by atoms with E-state index in [0.717, 1.165) is 72.8 Å². The lowest BCUT2D eigenvalue weighted by Crippen LogP contribution is -2.36. The second-order valence-corrected chi connectivity index (χ2v) is 9.10. The fraction of sp³-hybridized carbons (Fsp3) is 0.357. The van der Waals surface area contributed by atoms with Gasteiger partial charge in [-0.05, 0) is 61.7 Å². The van der Waals surface area contributed by atoms with E-state index in [9.17, 15) is 9.59 Å². The smallest absolute Gasteiger partial charge is 0.327 e. The van der Waals surface area contributed by atoms with E-state index in [1.54, 1.807) is 22.9 Å². The van der Waals surface area contributed by atoms with Gasteiger partial charge in [0.2, 0.25) is 0 Å². The maximum absolute atomic E-state index is 12.2. The lowest BCUT2D eigenvalue weighted by molar-refractivity contribution is 0.112. The summed E-state index contributed by atoms with van der Waals surface area (Å²) in [6, 6.07) is 11.9. The van der Waals surface area contributed by atoms with Crippen LogP contribution in [0.25, 0.3) is 22.3 Å². The number of aldehydes is 1. The second-order valence-electron chi connectivity index (χ2n) is 9.10. The Morgan fingerprint density at radius 3 is 2.65 bits per heavy atom. The predicted molar refractivity (Wildman–Crippen MR) is 148 cm³/mol. The molecule has 0 radical (unpaired) electrons. The summed E-state index contributed by atoms with van der Waals surface area (Å²) >= 11 is 0. The molecule has 0 saturated carbocycles. The van der Waals surface area contributed by atoms with Crippen LogP contribution in [-0.4, -0.2) is 59.2 Å². The van der Waals surface area contributed by atoms with E-state index < -0.39 is 0 Å². The second kappa shape index (κ2) is 11.8. The number of carbonyl (C=O) groups is 1. The van der Waals surface area contributed by atoms with E-state index in [4.69, 9.17) is 4.74 Å². The zero-order valence-corrected chi connectivity index (χ0v) is 21.8. The van der Waals surface area contributed by atoms with Gasteiger partial charge in [0.15, 0.2) is 5.65 Å². The topological polar surface area (TPSA) is 105 Å². The van der Waals surface area contributed by atoms with E-state index in [-0.39, 0.29) is 11.7 Å². The fourth-order valence-corrected chi connectivity index (χ4v) is 4.31. The van der Waals surface area contributed by atoms with Gasteiger partial charge in [0.05, 0.1) is 18.7 Å². The van der Waals surface area contributed by atoms with Gasteiger partial charge in [0.25, 0.3) is 0 Å². The molecule has 5 rings (SSSR count). The van der Waals surface area contributed by atoms with Crippen LogP contribution in [0.2, 0.25) is 0 Å². The van der Waals surface area contributed by atoms with Crippen LogP contribution in [0, 0.1) is 6.92 Å². The van der Waals surface area contributed by atoms with E-state index in [1.165, 1.54) is 5.56 Å². The predicted octanol–water partition coefficient (Wildman–Crippen LogP) is 4.44. The largest absolute Gasteiger partial charge is 0.388 e. The monoisotopic (exact) mass is 502 g/mol. The quantitative estimate of drug-likeness (QED) is 0.376. The molecule has 1 aliphatic heterocycles. The van der Waals surface area contributed by atoms with Gasteiger partial charge >= 0.3 is 5.69 Å². The van der Waals surface area contributed by atoms with Crippen molar-refractivity contribution in [1.29, 1.82) is 0 Å². The number of aryl methyl sites for hydroxylation is 1. The standard InChI is InChI=1S/C18H22N4O.C10H12N2O2/c1-5-12(3)22-17-16(21-18(22)23)8-13(10-20-17)15-9-14(19-4)7-6-11(15)2;13-8-9-1-2-11-10(7-9)12-3-5-14-6-4-12/h6-10,12,19H,5H2,1-4H3,(H,21,23);1-2,7-8H,3-6H2. The molecule has 9 heteroatoms. The number of rotatable bonds is 6. The Bertz CT molecular complexity index is 1420. The van der Waals surface area contributed by atoms with Crippen LogP contribution in [0.3, 0.4) is 0 Å². The van der Waals surface area contributed by atoms with Gasteiger partial charge in [-0.3, -0.25) is 9.36 Å². The third kappa shape index (κ3) is 5.89. The molecule has 1 saturated heterocycles. The number of benzene rings is 1. The SMILES string of the molecule is CCC(C)n1c(=O)[nH]c2cc(-c3cc(NC)ccc3C)cnc21.O=Cc1ccnc(N2CCOCC2)c1. The van der Waals surface area contributed by atoms with Crippen LogP contribution in [-0.2, 0) is 4.74 Å². The number of hydrogen-bond donors (Lipinski definition) is 2. The molecule has 1 atom stereocenters. The Morgan fingerprint density at radius 2 is 1.95 bits per heavy atom. The first-order valence-corrected chi connectivity index (χ1v) is 12.6. The van der Waals surface area contributed by atoms with E-state index in [1.807, 2.05) is 32.3 Å². The number of morpholine rings is 1. The van der Waals surface area contributed by atoms with Crippen molar-refractivity contribution in [2.45, 2.75) is 33.2 Å². The summed E-state index contributed by atoms with van der Waals surface area (Å²) in [6.45, 7) is 9.32. The van der Waals surface area contributed by atoms with Gasteiger partial charge in [0.1, 0.15) is 12.1 Å². The highest BCUT2D eigenvalue weighted by molar-refractivity contribution is 5.80. The Kier molecular flexibility index (Phi) is 8.35. The lowest BCUT2D eigenvalue weighted by atomic mass is 10.0. The number of anilines is 2. The molecule has 0 aliphatic carbocycles. The molecule has 4 heterocycles. The molecule has 1 unspecified atom stereocenters. The molecule has 0 amide bonds. The number of nitrogens with one attached hydrogen (secondary N) is 2. The van der Waals surface area contributed by atoms with Crippen LogP contribution >= 0.6 is 0 Å². The first-order chi connectivity index (χ1) is 17.9. The van der Waals surface area contributed by atoms with Crippen molar-refractivity contribution in [3.05, 3.63) is 70.4 Å². The molecule has 4 aromatic rings. The van der Waals surface area contributed by atoms with Crippen molar-refractivity contribution < 1.29 is 9.53 Å². The van der Waals surface area contributed by atoms with Crippen molar-refractivity contribution in [1.82, 2.24) is 19.5 Å². The Labute approximate surface area is 216 Å². The van der Waals surface area contributed by atoms with Crippen LogP contribution in [0.4, 0.5) is 11.5 Å². The number of ether oxygens (including phenoxy) is 1. The molecule has 9 nitrogen and oxygen atoms in total. The Morgan fingerprint density at radius 1 is 1.16 bits per heavy atom. The highest BCUT2D eigenvalue weighted by Gasteiger charge is 2.15. The van der Waals surface area contributed by atoms with Crippen LogP contribution in [0.15, 0.2) is 53.6 Å². The molecule has 1 aliphatic rings. The number of imidazole rings is 1. The van der Waals surface area contributed by atoms with Gasteiger partial charge in [-0.15, -0.1) is 0 Å². The number of carbonyl (C=O) groups excluding carboxylic acids is 1. The van der Waals surface area contributed by atoms with Gasteiger partial charge < -0.3 is 19.9 Å². The summed E-state index contributed by atoms with van der Waals surface area (Å²) < 4.78 is 6.97. The third-order valence-corrected chi connectivity index (χ3v) is 6.66. The molecule has 1 fully saturated rings. The molecule has 1 aromatic carbocycles. The van der Waals surface area contributed by atoms with Crippen molar-refractivity contribution in [2.24, 2.45) is 0 Å². The summed E-state index contributed by atoms with van der Waals surface area (Å²) in [5.41, 5.74) is 6.41. The number of hydrogen-bond acceptors (Lipinski definition) is 7. The van der Waals surface area contributed by atoms with Gasteiger partial charge in [-0.1, -0.05) is 13.0 Å². The molecule has 37 heavy (non-hydrogen) atoms. The maximum atomic E-state index is 12.2. The third-order valence-electron chi connectivity index (χ3n) is 6.66. The van der Waals surface area contributed by atoms with Crippen molar-refractivity contribution in [2.75, 3.05) is 43.6 Å². The van der Waals surface area contributed by atoms with E-state index in [2.05, 4.69) is 51.1 Å². The van der Waals surface area contributed by atoms with Gasteiger partial charge in [-0.2, -0.15) is 0 Å². The summed E-state index contributed by atoms with van der Waals surface area (Å²) in [7, 11) is 1.90. The maximum Gasteiger partial charge on any atom is 0.327 e. The van der Waals surface area contributed by atoms with Gasteiger partial charge in [0, 0.05) is 55.4 Å². The zero-order chi connectivity index (χ0) is 26.4. The highest BCUT2D eigenvalue weighted by atomic mass is 16.5. The minimum atomic E-state index is -0.0975. The summed E-state index contributed by atoms with van der Waals surface area (Å²) in [4.78, 5) is 36.6. The van der Waals surface area contributed by atoms with Crippen LogP contribution in [0.1, 0.15) is 42.2 Å². The zero-order valence-electron chi connectivity index (χ0n) is 21.8. The first kappa shape index (κ1) is 26.1. The molecule has 194 valence electrons. The Balaban J connectivity index is 0.000000195. The van der Waals surface area contributed by atoms with Crippen molar-refractivity contribution >= 4 is 29.0 Å². The molecular weight excluding hydrogens is 468 g/mol. The number of aromatic nitrogens is 4. The molecular formula is C28H34N6O3. The average Bonchev–Trinajstić information content (AvgIpc) is 3.28. The number of nitrogens with zero attached hydrogens (tertiary/aromatic N) is 4. The molecule has 3 aromatic heterocycles. The minimum absolute atomic E-state index is 0.0975.